The monoisotopic (exact) mass is 399 g/mol. The second-order valence-corrected chi connectivity index (χ2v) is 8.34. The van der Waals surface area contributed by atoms with E-state index in [9.17, 15) is 4.79 Å². The number of hydrogen-bond acceptors (Lipinski definition) is 4. The molecule has 0 radical (unpaired) electrons. The van der Waals surface area contributed by atoms with E-state index < -0.39 is 0 Å². The summed E-state index contributed by atoms with van der Waals surface area (Å²) in [7, 11) is 0. The number of rotatable bonds is 5. The molecule has 2 aromatic carbocycles. The molecule has 0 aliphatic heterocycles. The molecule has 2 heterocycles. The van der Waals surface area contributed by atoms with Crippen LogP contribution in [0.4, 0.5) is 11.5 Å². The van der Waals surface area contributed by atoms with Crippen LogP contribution in [0.3, 0.4) is 0 Å². The number of amides is 1. The van der Waals surface area contributed by atoms with Crippen LogP contribution in [0.1, 0.15) is 28.5 Å². The van der Waals surface area contributed by atoms with Gasteiger partial charge in [0.1, 0.15) is 5.82 Å². The van der Waals surface area contributed by atoms with Crippen LogP contribution in [-0.4, -0.2) is 10.9 Å². The number of nitrogens with zero attached hydrogens (tertiary/aromatic N) is 1. The van der Waals surface area contributed by atoms with E-state index in [-0.39, 0.29) is 5.91 Å². The molecule has 1 aliphatic rings. The zero-order valence-corrected chi connectivity index (χ0v) is 16.7. The highest BCUT2D eigenvalue weighted by Gasteiger charge is 2.22. The second-order valence-electron chi connectivity index (χ2n) is 7.31. The molecule has 4 aromatic rings. The number of nitrogens with one attached hydrogen (secondary N) is 2. The Hall–Kier alpha value is -3.18. The van der Waals surface area contributed by atoms with Crippen LogP contribution in [0.25, 0.3) is 10.9 Å². The molecule has 0 bridgehead atoms. The zero-order valence-electron chi connectivity index (χ0n) is 15.9. The fraction of sp³-hybridized carbons (Fsp3) is 0.167. The van der Waals surface area contributed by atoms with Gasteiger partial charge in [-0.2, -0.15) is 0 Å². The molecule has 2 aromatic heterocycles. The number of anilines is 2. The highest BCUT2D eigenvalue weighted by atomic mass is 32.1. The molecule has 0 saturated heterocycles. The summed E-state index contributed by atoms with van der Waals surface area (Å²) in [5.74, 6) is 0.853. The van der Waals surface area contributed by atoms with Gasteiger partial charge in [-0.05, 0) is 59.7 Å². The lowest BCUT2D eigenvalue weighted by atomic mass is 10.1. The summed E-state index contributed by atoms with van der Waals surface area (Å²) in [5.41, 5.74) is 4.45. The van der Waals surface area contributed by atoms with Crippen LogP contribution < -0.4 is 10.6 Å². The Bertz CT molecular complexity index is 1170. The topological polar surface area (TPSA) is 54.0 Å². The Morgan fingerprint density at radius 3 is 2.86 bits per heavy atom. The summed E-state index contributed by atoms with van der Waals surface area (Å²) in [5, 5.41) is 9.55. The van der Waals surface area contributed by atoms with Gasteiger partial charge in [0.2, 0.25) is 5.91 Å². The average Bonchev–Trinajstić information content (AvgIpc) is 3.38. The van der Waals surface area contributed by atoms with E-state index in [0.29, 0.717) is 12.5 Å². The van der Waals surface area contributed by atoms with Crippen LogP contribution >= 0.6 is 11.3 Å². The minimum atomic E-state index is -0.00952. The Kier molecular flexibility index (Phi) is 4.74. The fourth-order valence-corrected chi connectivity index (χ4v) is 4.70. The lowest BCUT2D eigenvalue weighted by Gasteiger charge is -2.16. The predicted molar refractivity (Wildman–Crippen MR) is 120 cm³/mol. The van der Waals surface area contributed by atoms with Gasteiger partial charge in [0.15, 0.2) is 0 Å². The molecule has 29 heavy (non-hydrogen) atoms. The van der Waals surface area contributed by atoms with Gasteiger partial charge in [0.25, 0.3) is 0 Å². The molecular formula is C24H21N3OS. The number of carbonyl (C=O) groups is 1. The smallest absolute Gasteiger partial charge is 0.229 e. The van der Waals surface area contributed by atoms with E-state index in [1.807, 2.05) is 47.8 Å². The van der Waals surface area contributed by atoms with Crippen LogP contribution in [0.2, 0.25) is 0 Å². The van der Waals surface area contributed by atoms with E-state index in [1.54, 1.807) is 11.3 Å². The molecule has 0 fully saturated rings. The van der Waals surface area contributed by atoms with Gasteiger partial charge in [-0.1, -0.05) is 36.4 Å². The first-order chi connectivity index (χ1) is 14.3. The van der Waals surface area contributed by atoms with Crippen LogP contribution in [0.15, 0.2) is 72.1 Å². The molecule has 1 unspecified atom stereocenters. The number of thiophene rings is 1. The number of fused-ring (bicyclic) bond motifs is 2. The summed E-state index contributed by atoms with van der Waals surface area (Å²) in [4.78, 5) is 18.3. The summed E-state index contributed by atoms with van der Waals surface area (Å²) in [6.45, 7) is 0. The number of aryl methyl sites for hydroxylation is 1. The number of aromatic nitrogens is 1. The van der Waals surface area contributed by atoms with Gasteiger partial charge < -0.3 is 10.6 Å². The Balaban J connectivity index is 1.35. The molecule has 1 aliphatic carbocycles. The maximum atomic E-state index is 12.4. The largest absolute Gasteiger partial charge is 0.363 e. The van der Waals surface area contributed by atoms with Crippen molar-refractivity contribution in [3.8, 4) is 0 Å². The minimum Gasteiger partial charge on any atom is -0.363 e. The highest BCUT2D eigenvalue weighted by molar-refractivity contribution is 7.10. The third kappa shape index (κ3) is 3.74. The van der Waals surface area contributed by atoms with Crippen LogP contribution in [0, 0.1) is 0 Å². The first kappa shape index (κ1) is 17.9. The number of hydrogen-bond donors (Lipinski definition) is 2. The van der Waals surface area contributed by atoms with Crippen molar-refractivity contribution < 1.29 is 4.79 Å². The summed E-state index contributed by atoms with van der Waals surface area (Å²) in [6.07, 6.45) is 2.57. The maximum Gasteiger partial charge on any atom is 0.229 e. The lowest BCUT2D eigenvalue weighted by molar-refractivity contribution is -0.115. The number of pyridine rings is 1. The maximum absolute atomic E-state index is 12.4. The molecule has 4 nitrogen and oxygen atoms in total. The van der Waals surface area contributed by atoms with Gasteiger partial charge >= 0.3 is 0 Å². The van der Waals surface area contributed by atoms with Crippen molar-refractivity contribution in [2.75, 3.05) is 10.6 Å². The standard InChI is InChI=1S/C24H21N3OS/c28-24(15-17-6-4-14-29-17)27-21-9-3-8-20-19(21)11-13-23(25-20)26-22-12-10-16-5-1-2-7-18(16)22/h1-9,11,13-14,22H,10,12,15H2,(H,25,26)(H,27,28). The highest BCUT2D eigenvalue weighted by Crippen LogP contribution is 2.34. The summed E-state index contributed by atoms with van der Waals surface area (Å²) >= 11 is 1.60. The molecule has 5 rings (SSSR count). The fourth-order valence-electron chi connectivity index (χ4n) is 4.00. The third-order valence-corrected chi connectivity index (χ3v) is 6.25. The lowest BCUT2D eigenvalue weighted by Crippen LogP contribution is -2.14. The SMILES string of the molecule is O=C(Cc1cccs1)Nc1cccc2nc(NC3CCc4ccccc43)ccc12. The van der Waals surface area contributed by atoms with E-state index in [4.69, 9.17) is 4.98 Å². The van der Waals surface area contributed by atoms with Crippen molar-refractivity contribution in [3.05, 3.63) is 88.1 Å². The van der Waals surface area contributed by atoms with Crippen molar-refractivity contribution in [1.29, 1.82) is 0 Å². The average molecular weight is 400 g/mol. The van der Waals surface area contributed by atoms with Crippen molar-refractivity contribution in [1.82, 2.24) is 4.98 Å². The van der Waals surface area contributed by atoms with Crippen molar-refractivity contribution in [3.63, 3.8) is 0 Å². The first-order valence-corrected chi connectivity index (χ1v) is 10.7. The van der Waals surface area contributed by atoms with E-state index in [2.05, 4.69) is 34.9 Å². The van der Waals surface area contributed by atoms with Gasteiger partial charge in [0.05, 0.1) is 23.7 Å². The van der Waals surface area contributed by atoms with Crippen molar-refractivity contribution >= 4 is 39.7 Å². The van der Waals surface area contributed by atoms with Gasteiger partial charge in [-0.3, -0.25) is 4.79 Å². The first-order valence-electron chi connectivity index (χ1n) is 9.82. The Labute approximate surface area is 173 Å². The number of carbonyl (C=O) groups excluding carboxylic acids is 1. The van der Waals surface area contributed by atoms with E-state index in [0.717, 1.165) is 40.1 Å². The predicted octanol–water partition coefficient (Wildman–Crippen LogP) is 5.58. The van der Waals surface area contributed by atoms with Crippen LogP contribution in [0.5, 0.6) is 0 Å². The molecular weight excluding hydrogens is 378 g/mol. The van der Waals surface area contributed by atoms with Crippen molar-refractivity contribution in [2.45, 2.75) is 25.3 Å². The molecule has 1 atom stereocenters. The number of benzene rings is 2. The molecule has 5 heteroatoms. The van der Waals surface area contributed by atoms with Gasteiger partial charge in [-0.15, -0.1) is 11.3 Å². The zero-order chi connectivity index (χ0) is 19.6. The second kappa shape index (κ2) is 7.68. The van der Waals surface area contributed by atoms with Crippen molar-refractivity contribution in [2.24, 2.45) is 0 Å². The summed E-state index contributed by atoms with van der Waals surface area (Å²) < 4.78 is 0. The van der Waals surface area contributed by atoms with Crippen LogP contribution in [-0.2, 0) is 17.6 Å². The molecule has 0 spiro atoms. The summed E-state index contributed by atoms with van der Waals surface area (Å²) in [6, 6.07) is 22.7. The van der Waals surface area contributed by atoms with E-state index >= 15 is 0 Å². The molecule has 1 amide bonds. The minimum absolute atomic E-state index is 0.00952. The van der Waals surface area contributed by atoms with Gasteiger partial charge in [0, 0.05) is 10.3 Å². The molecule has 2 N–H and O–H groups in total. The molecule has 144 valence electrons. The Morgan fingerprint density at radius 2 is 1.97 bits per heavy atom. The third-order valence-electron chi connectivity index (χ3n) is 5.38. The Morgan fingerprint density at radius 1 is 1.03 bits per heavy atom. The van der Waals surface area contributed by atoms with Gasteiger partial charge in [-0.25, -0.2) is 4.98 Å². The van der Waals surface area contributed by atoms with E-state index in [1.165, 1.54) is 11.1 Å². The quantitative estimate of drug-likeness (QED) is 0.461. The molecule has 0 saturated carbocycles. The normalized spacial score (nSPS) is 15.2.